The van der Waals surface area contributed by atoms with E-state index in [1.165, 1.54) is 11.4 Å². The Bertz CT molecular complexity index is 1520. The molecule has 226 valence electrons. The third kappa shape index (κ3) is 7.60. The summed E-state index contributed by atoms with van der Waals surface area (Å²) in [7, 11) is 8.10. The summed E-state index contributed by atoms with van der Waals surface area (Å²) in [5.41, 5.74) is 7.01. The fourth-order valence-electron chi connectivity index (χ4n) is 5.40. The predicted octanol–water partition coefficient (Wildman–Crippen LogP) is 6.34. The predicted molar refractivity (Wildman–Crippen MR) is 186 cm³/mol. The first-order chi connectivity index (χ1) is 21.6. The summed E-state index contributed by atoms with van der Waals surface area (Å²) < 4.78 is 16.4. The van der Waals surface area contributed by atoms with Crippen LogP contribution in [0, 0.1) is 0 Å². The van der Waals surface area contributed by atoms with Gasteiger partial charge in [0, 0.05) is 50.5 Å². The van der Waals surface area contributed by atoms with Crippen LogP contribution in [0.1, 0.15) is 22.5 Å². The summed E-state index contributed by atoms with van der Waals surface area (Å²) in [5, 5.41) is 0. The maximum absolute atomic E-state index is 5.88. The van der Waals surface area contributed by atoms with E-state index >= 15 is 0 Å². The molecule has 2 aromatic carbocycles. The first-order valence-corrected chi connectivity index (χ1v) is 17.7. The van der Waals surface area contributed by atoms with E-state index in [4.69, 9.17) is 9.47 Å². The molecule has 0 fully saturated rings. The minimum absolute atomic E-state index is 0.734. The van der Waals surface area contributed by atoms with Gasteiger partial charge >= 0.3 is 0 Å². The van der Waals surface area contributed by atoms with Gasteiger partial charge in [-0.3, -0.25) is 0 Å². The van der Waals surface area contributed by atoms with Crippen molar-refractivity contribution in [2.45, 2.75) is 13.1 Å². The number of fused-ring (bicyclic) bond motifs is 2. The Morgan fingerprint density at radius 1 is 0.636 bits per heavy atom. The maximum atomic E-state index is 5.88. The summed E-state index contributed by atoms with van der Waals surface area (Å²) in [6.45, 7) is 5.24. The second-order valence-electron chi connectivity index (χ2n) is 10.9. The first-order valence-electron chi connectivity index (χ1n) is 15.2. The second-order valence-corrected chi connectivity index (χ2v) is 13.6. The summed E-state index contributed by atoms with van der Waals surface area (Å²) in [5.74, 6) is 4.01. The third-order valence-electron chi connectivity index (χ3n) is 7.92. The lowest BCUT2D eigenvalue weighted by Gasteiger charge is -2.27. The summed E-state index contributed by atoms with van der Waals surface area (Å²) in [6, 6.07) is 25.7. The van der Waals surface area contributed by atoms with Crippen molar-refractivity contribution < 1.29 is 18.6 Å². The van der Waals surface area contributed by atoms with Gasteiger partial charge in [-0.05, 0) is 59.7 Å². The van der Waals surface area contributed by atoms with Crippen molar-refractivity contribution in [3.05, 3.63) is 108 Å². The fourth-order valence-corrected chi connectivity index (χ4v) is 7.33. The van der Waals surface area contributed by atoms with E-state index in [1.54, 1.807) is 0 Å². The van der Waals surface area contributed by atoms with Crippen molar-refractivity contribution in [1.29, 1.82) is 0 Å². The fraction of sp³-hybridized carbons (Fsp3) is 0.278. The van der Waals surface area contributed by atoms with E-state index < -0.39 is 0 Å². The van der Waals surface area contributed by atoms with Gasteiger partial charge in [0.25, 0.3) is 0 Å². The standard InChI is InChI=1S/C36H40N4O2S2/c1-37-19-23-41-35-27-29(11-15-33(35)37)9-13-31-7-3-5-17-39(31)21-25-43-44-26-22-40-18-6-4-8-32(40)14-10-30-12-16-34-36(28-30)42-24-20-38(34)2/h3-18,27-28H,19-26H2,1-2H3/q+2. The smallest absolute Gasteiger partial charge is 0.205 e. The van der Waals surface area contributed by atoms with E-state index in [1.807, 2.05) is 21.6 Å². The molecule has 4 aromatic rings. The molecular formula is C36H40N4O2S2+2. The lowest BCUT2D eigenvalue weighted by atomic mass is 10.1. The van der Waals surface area contributed by atoms with Gasteiger partial charge in [-0.15, -0.1) is 0 Å². The largest absolute Gasteiger partial charge is 0.490 e. The SMILES string of the molecule is CN1CCOc2cc(/C=C/c3cccc[n+]3CCSSCC[n+]3ccccc3/C=C/c3ccc4c(c3)OCCN4C)ccc21. The van der Waals surface area contributed by atoms with Crippen LogP contribution in [0.5, 0.6) is 11.5 Å². The monoisotopic (exact) mass is 624 g/mol. The molecule has 0 saturated heterocycles. The Hall–Kier alpha value is -3.88. The zero-order chi connectivity index (χ0) is 30.1. The minimum Gasteiger partial charge on any atom is -0.490 e. The molecule has 0 atom stereocenters. The van der Waals surface area contributed by atoms with Crippen LogP contribution < -0.4 is 28.4 Å². The molecule has 0 spiro atoms. The molecule has 8 heteroatoms. The number of anilines is 2. The molecular weight excluding hydrogens is 585 g/mol. The number of aryl methyl sites for hydroxylation is 2. The molecule has 4 heterocycles. The van der Waals surface area contributed by atoms with E-state index in [0.29, 0.717) is 0 Å². The van der Waals surface area contributed by atoms with Crippen LogP contribution in [0.25, 0.3) is 24.3 Å². The highest BCUT2D eigenvalue weighted by Gasteiger charge is 2.16. The molecule has 6 rings (SSSR count). The van der Waals surface area contributed by atoms with Crippen molar-refractivity contribution in [3.63, 3.8) is 0 Å². The molecule has 2 aliphatic rings. The molecule has 0 unspecified atom stereocenters. The Kier molecular flexibility index (Phi) is 10.1. The Morgan fingerprint density at radius 3 is 1.59 bits per heavy atom. The van der Waals surface area contributed by atoms with Crippen molar-refractivity contribution in [2.24, 2.45) is 0 Å². The highest BCUT2D eigenvalue weighted by Crippen LogP contribution is 2.33. The van der Waals surface area contributed by atoms with Crippen molar-refractivity contribution >= 4 is 57.3 Å². The van der Waals surface area contributed by atoms with Gasteiger partial charge in [-0.1, -0.05) is 33.7 Å². The molecule has 2 aliphatic heterocycles. The number of likely N-dealkylation sites (N-methyl/N-ethyl adjacent to an activating group) is 2. The van der Waals surface area contributed by atoms with E-state index in [2.05, 4.69) is 143 Å². The minimum atomic E-state index is 0.734. The van der Waals surface area contributed by atoms with Gasteiger partial charge < -0.3 is 19.3 Å². The van der Waals surface area contributed by atoms with Gasteiger partial charge in [-0.2, -0.15) is 9.13 Å². The average Bonchev–Trinajstić information content (AvgIpc) is 3.05. The number of pyridine rings is 2. The zero-order valence-corrected chi connectivity index (χ0v) is 27.1. The first kappa shape index (κ1) is 30.2. The third-order valence-corrected chi connectivity index (χ3v) is 10.3. The van der Waals surface area contributed by atoms with Gasteiger partial charge in [0.15, 0.2) is 25.5 Å². The van der Waals surface area contributed by atoms with Crippen LogP contribution >= 0.6 is 21.6 Å². The number of hydrogen-bond acceptors (Lipinski definition) is 6. The normalized spacial score (nSPS) is 14.4. The Morgan fingerprint density at radius 2 is 1.11 bits per heavy atom. The van der Waals surface area contributed by atoms with Gasteiger partial charge in [0.05, 0.1) is 36.0 Å². The summed E-state index contributed by atoms with van der Waals surface area (Å²) in [4.78, 5) is 4.49. The average molecular weight is 625 g/mol. The molecule has 0 aliphatic carbocycles. The highest BCUT2D eigenvalue weighted by atomic mass is 33.1. The quantitative estimate of drug-likeness (QED) is 0.110. The number of ether oxygens (including phenoxy) is 2. The van der Waals surface area contributed by atoms with E-state index in [0.717, 1.165) is 84.9 Å². The van der Waals surface area contributed by atoms with Gasteiger partial charge in [-0.25, -0.2) is 0 Å². The lowest BCUT2D eigenvalue weighted by molar-refractivity contribution is -0.694. The molecule has 6 nitrogen and oxygen atoms in total. The Balaban J connectivity index is 0.985. The van der Waals surface area contributed by atoms with Crippen LogP contribution in [0.3, 0.4) is 0 Å². The number of nitrogens with zero attached hydrogens (tertiary/aromatic N) is 4. The maximum Gasteiger partial charge on any atom is 0.205 e. The molecule has 2 aromatic heterocycles. The second kappa shape index (κ2) is 14.7. The van der Waals surface area contributed by atoms with Crippen LogP contribution in [-0.2, 0) is 13.1 Å². The topological polar surface area (TPSA) is 32.7 Å². The van der Waals surface area contributed by atoms with Gasteiger partial charge in [0.1, 0.15) is 24.7 Å². The highest BCUT2D eigenvalue weighted by molar-refractivity contribution is 8.76. The molecule has 44 heavy (non-hydrogen) atoms. The van der Waals surface area contributed by atoms with Crippen molar-refractivity contribution in [2.75, 3.05) is 61.7 Å². The van der Waals surface area contributed by atoms with E-state index in [-0.39, 0.29) is 0 Å². The molecule has 0 bridgehead atoms. The number of hydrogen-bond donors (Lipinski definition) is 0. The van der Waals surface area contributed by atoms with Crippen LogP contribution in [0.15, 0.2) is 85.2 Å². The number of rotatable bonds is 11. The summed E-state index contributed by atoms with van der Waals surface area (Å²) >= 11 is 0. The zero-order valence-electron chi connectivity index (χ0n) is 25.5. The van der Waals surface area contributed by atoms with Crippen LogP contribution in [-0.4, -0.2) is 51.9 Å². The Labute approximate surface area is 269 Å². The number of benzene rings is 2. The molecule has 0 radical (unpaired) electrons. The van der Waals surface area contributed by atoms with Crippen molar-refractivity contribution in [3.8, 4) is 11.5 Å². The molecule has 0 amide bonds. The van der Waals surface area contributed by atoms with Crippen molar-refractivity contribution in [1.82, 2.24) is 0 Å². The lowest BCUT2D eigenvalue weighted by Crippen LogP contribution is -2.38. The van der Waals surface area contributed by atoms with E-state index in [9.17, 15) is 0 Å². The summed E-state index contributed by atoms with van der Waals surface area (Å²) in [6.07, 6.45) is 13.1. The van der Waals surface area contributed by atoms with Crippen LogP contribution in [0.2, 0.25) is 0 Å². The van der Waals surface area contributed by atoms with Gasteiger partial charge in [0.2, 0.25) is 11.4 Å². The van der Waals surface area contributed by atoms with Crippen LogP contribution in [0.4, 0.5) is 11.4 Å². The molecule has 0 N–H and O–H groups in total. The molecule has 0 saturated carbocycles. The number of aromatic nitrogens is 2.